The largest absolute Gasteiger partial charge is 0.507 e. The molecule has 3 nitrogen and oxygen atoms in total. The van der Waals surface area contributed by atoms with Crippen LogP contribution in [-0.2, 0) is 9.84 Å². The molecule has 0 bridgehead atoms. The van der Waals surface area contributed by atoms with Crippen LogP contribution in [0.3, 0.4) is 0 Å². The zero-order valence-electron chi connectivity index (χ0n) is 12.8. The average molecular weight is 318 g/mol. The lowest BCUT2D eigenvalue weighted by Gasteiger charge is -2.09. The van der Waals surface area contributed by atoms with Crippen molar-refractivity contribution in [3.63, 3.8) is 0 Å². The highest BCUT2D eigenvalue weighted by Gasteiger charge is 2.16. The molecule has 0 atom stereocenters. The van der Waals surface area contributed by atoms with Crippen LogP contribution in [0.15, 0.2) is 53.4 Å². The maximum absolute atomic E-state index is 12.4. The van der Waals surface area contributed by atoms with Crippen LogP contribution >= 0.6 is 0 Å². The summed E-state index contributed by atoms with van der Waals surface area (Å²) in [6, 6.07) is 13.8. The molecule has 0 heterocycles. The Morgan fingerprint density at radius 3 is 2.36 bits per heavy atom. The van der Waals surface area contributed by atoms with Crippen molar-refractivity contribution < 1.29 is 13.5 Å². The Balaban J connectivity index is 2.26. The molecule has 0 saturated carbocycles. The number of benzene rings is 2. The predicted molar refractivity (Wildman–Crippen MR) is 89.7 cm³/mol. The first-order valence-electron chi connectivity index (χ1n) is 7.66. The summed E-state index contributed by atoms with van der Waals surface area (Å²) in [5.41, 5.74) is 1.36. The summed E-state index contributed by atoms with van der Waals surface area (Å²) >= 11 is 0. The van der Waals surface area contributed by atoms with Crippen LogP contribution in [0.1, 0.15) is 32.6 Å². The van der Waals surface area contributed by atoms with Gasteiger partial charge in [-0.1, -0.05) is 56.5 Å². The summed E-state index contributed by atoms with van der Waals surface area (Å²) in [4.78, 5) is 0.278. The standard InChI is InChI=1S/C18H22O3S/c1-2-3-4-8-13-22(20,21)16-11-12-18(19)17(14-16)15-9-6-5-7-10-15/h5-7,9-12,14,19H,2-4,8,13H2,1H3. The molecule has 0 aromatic heterocycles. The van der Waals surface area contributed by atoms with Gasteiger partial charge in [0.1, 0.15) is 5.75 Å². The Bertz CT molecular complexity index is 706. The molecule has 0 spiro atoms. The molecule has 0 amide bonds. The van der Waals surface area contributed by atoms with E-state index in [1.54, 1.807) is 6.07 Å². The summed E-state index contributed by atoms with van der Waals surface area (Å²) in [6.45, 7) is 2.10. The summed E-state index contributed by atoms with van der Waals surface area (Å²) in [5.74, 6) is 0.252. The van der Waals surface area contributed by atoms with E-state index in [1.807, 2.05) is 30.3 Å². The number of rotatable bonds is 7. The lowest BCUT2D eigenvalue weighted by atomic mass is 10.1. The zero-order valence-corrected chi connectivity index (χ0v) is 13.6. The molecule has 22 heavy (non-hydrogen) atoms. The van der Waals surface area contributed by atoms with Gasteiger partial charge in [-0.15, -0.1) is 0 Å². The van der Waals surface area contributed by atoms with Crippen molar-refractivity contribution in [2.45, 2.75) is 37.5 Å². The Labute approximate surface area is 132 Å². The van der Waals surface area contributed by atoms with Gasteiger partial charge >= 0.3 is 0 Å². The second-order valence-corrected chi connectivity index (χ2v) is 7.53. The van der Waals surface area contributed by atoms with E-state index in [1.165, 1.54) is 12.1 Å². The maximum atomic E-state index is 12.4. The molecule has 4 heteroatoms. The third-order valence-electron chi connectivity index (χ3n) is 3.68. The second kappa shape index (κ2) is 7.45. The summed E-state index contributed by atoms with van der Waals surface area (Å²) < 4.78 is 24.8. The smallest absolute Gasteiger partial charge is 0.178 e. The Morgan fingerprint density at radius 1 is 0.955 bits per heavy atom. The number of sulfone groups is 1. The molecule has 2 aromatic rings. The maximum Gasteiger partial charge on any atom is 0.178 e. The highest BCUT2D eigenvalue weighted by molar-refractivity contribution is 7.91. The molecular formula is C18H22O3S. The van der Waals surface area contributed by atoms with Crippen LogP contribution in [-0.4, -0.2) is 19.3 Å². The van der Waals surface area contributed by atoms with Crippen molar-refractivity contribution in [3.05, 3.63) is 48.5 Å². The zero-order chi connectivity index (χ0) is 16.0. The lowest BCUT2D eigenvalue weighted by molar-refractivity contribution is 0.477. The molecule has 118 valence electrons. The van der Waals surface area contributed by atoms with E-state index >= 15 is 0 Å². The number of aromatic hydroxyl groups is 1. The van der Waals surface area contributed by atoms with Gasteiger partial charge in [0, 0.05) is 5.56 Å². The second-order valence-electron chi connectivity index (χ2n) is 5.42. The van der Waals surface area contributed by atoms with Crippen LogP contribution in [0.25, 0.3) is 11.1 Å². The molecule has 0 aliphatic carbocycles. The van der Waals surface area contributed by atoms with E-state index in [-0.39, 0.29) is 16.4 Å². The average Bonchev–Trinajstić information content (AvgIpc) is 2.53. The van der Waals surface area contributed by atoms with Crippen molar-refractivity contribution in [1.82, 2.24) is 0 Å². The van der Waals surface area contributed by atoms with Gasteiger partial charge in [0.25, 0.3) is 0 Å². The van der Waals surface area contributed by atoms with Crippen LogP contribution in [0, 0.1) is 0 Å². The molecule has 0 radical (unpaired) electrons. The number of unbranched alkanes of at least 4 members (excludes halogenated alkanes) is 3. The van der Waals surface area contributed by atoms with Gasteiger partial charge < -0.3 is 5.11 Å². The van der Waals surface area contributed by atoms with Gasteiger partial charge in [0.15, 0.2) is 9.84 Å². The highest BCUT2D eigenvalue weighted by Crippen LogP contribution is 2.31. The summed E-state index contributed by atoms with van der Waals surface area (Å²) in [6.07, 6.45) is 3.74. The first-order valence-corrected chi connectivity index (χ1v) is 9.31. The van der Waals surface area contributed by atoms with E-state index in [9.17, 15) is 13.5 Å². The van der Waals surface area contributed by atoms with Gasteiger partial charge in [0.2, 0.25) is 0 Å². The Hall–Kier alpha value is -1.81. The van der Waals surface area contributed by atoms with Gasteiger partial charge in [0.05, 0.1) is 10.6 Å². The normalized spacial score (nSPS) is 11.5. The third-order valence-corrected chi connectivity index (χ3v) is 5.48. The molecule has 2 aromatic carbocycles. The Kier molecular flexibility index (Phi) is 5.61. The van der Waals surface area contributed by atoms with Crippen LogP contribution in [0.2, 0.25) is 0 Å². The topological polar surface area (TPSA) is 54.4 Å². The number of phenolic OH excluding ortho intramolecular Hbond substituents is 1. The molecule has 2 rings (SSSR count). The van der Waals surface area contributed by atoms with Gasteiger partial charge in [-0.25, -0.2) is 8.42 Å². The lowest BCUT2D eigenvalue weighted by Crippen LogP contribution is -2.07. The van der Waals surface area contributed by atoms with E-state index in [0.29, 0.717) is 12.0 Å². The van der Waals surface area contributed by atoms with Crippen molar-refractivity contribution >= 4 is 9.84 Å². The van der Waals surface area contributed by atoms with E-state index < -0.39 is 9.84 Å². The minimum absolute atomic E-state index is 0.0936. The van der Waals surface area contributed by atoms with Gasteiger partial charge in [-0.05, 0) is 30.2 Å². The minimum atomic E-state index is -3.30. The van der Waals surface area contributed by atoms with E-state index in [2.05, 4.69) is 6.92 Å². The van der Waals surface area contributed by atoms with Crippen LogP contribution < -0.4 is 0 Å². The molecular weight excluding hydrogens is 296 g/mol. The monoisotopic (exact) mass is 318 g/mol. The van der Waals surface area contributed by atoms with Gasteiger partial charge in [-0.3, -0.25) is 0 Å². The molecule has 0 fully saturated rings. The fraction of sp³-hybridized carbons (Fsp3) is 0.333. The molecule has 0 aliphatic heterocycles. The van der Waals surface area contributed by atoms with Crippen molar-refractivity contribution in [3.8, 4) is 16.9 Å². The van der Waals surface area contributed by atoms with Gasteiger partial charge in [-0.2, -0.15) is 0 Å². The number of hydrogen-bond acceptors (Lipinski definition) is 3. The molecule has 0 saturated heterocycles. The fourth-order valence-corrected chi connectivity index (χ4v) is 3.79. The van der Waals surface area contributed by atoms with Crippen LogP contribution in [0.5, 0.6) is 5.75 Å². The predicted octanol–water partition coefficient (Wildman–Crippen LogP) is 4.41. The third kappa shape index (κ3) is 4.10. The van der Waals surface area contributed by atoms with E-state index in [0.717, 1.165) is 24.8 Å². The Morgan fingerprint density at radius 2 is 1.68 bits per heavy atom. The van der Waals surface area contributed by atoms with Crippen molar-refractivity contribution in [2.24, 2.45) is 0 Å². The highest BCUT2D eigenvalue weighted by atomic mass is 32.2. The van der Waals surface area contributed by atoms with Crippen molar-refractivity contribution in [2.75, 3.05) is 5.75 Å². The number of hydrogen-bond donors (Lipinski definition) is 1. The quantitative estimate of drug-likeness (QED) is 0.769. The minimum Gasteiger partial charge on any atom is -0.507 e. The summed E-state index contributed by atoms with van der Waals surface area (Å²) in [7, 11) is -3.30. The SMILES string of the molecule is CCCCCCS(=O)(=O)c1ccc(O)c(-c2ccccc2)c1. The molecule has 0 aliphatic rings. The van der Waals surface area contributed by atoms with Crippen LogP contribution in [0.4, 0.5) is 0 Å². The number of phenols is 1. The molecule has 0 unspecified atom stereocenters. The van der Waals surface area contributed by atoms with E-state index in [4.69, 9.17) is 0 Å². The molecule has 1 N–H and O–H groups in total. The first kappa shape index (κ1) is 16.6. The summed E-state index contributed by atoms with van der Waals surface area (Å²) in [5, 5.41) is 10.0. The first-order chi connectivity index (χ1) is 10.5. The van der Waals surface area contributed by atoms with Crippen molar-refractivity contribution in [1.29, 1.82) is 0 Å². The fourth-order valence-electron chi connectivity index (χ4n) is 2.39.